The summed E-state index contributed by atoms with van der Waals surface area (Å²) in [5.41, 5.74) is 4.37. The summed E-state index contributed by atoms with van der Waals surface area (Å²) in [6.07, 6.45) is 5.82. The van der Waals surface area contributed by atoms with Crippen LogP contribution in [0.15, 0.2) is 47.6 Å². The lowest BCUT2D eigenvalue weighted by molar-refractivity contribution is 0.401. The minimum atomic E-state index is -0.0282. The molecule has 0 unspecified atom stereocenters. The van der Waals surface area contributed by atoms with Crippen LogP contribution >= 0.6 is 0 Å². The second-order valence-electron chi connectivity index (χ2n) is 7.11. The van der Waals surface area contributed by atoms with E-state index >= 15 is 0 Å². The molecule has 0 amide bonds. The second-order valence-corrected chi connectivity index (χ2v) is 7.11. The van der Waals surface area contributed by atoms with Crippen LogP contribution in [0.3, 0.4) is 0 Å². The van der Waals surface area contributed by atoms with Crippen LogP contribution in [-0.4, -0.2) is 7.11 Å². The van der Waals surface area contributed by atoms with E-state index in [1.54, 1.807) is 7.11 Å². The number of para-hydroxylation sites is 1. The maximum absolute atomic E-state index is 5.54. The molecule has 0 fully saturated rings. The van der Waals surface area contributed by atoms with Crippen molar-refractivity contribution in [1.29, 1.82) is 0 Å². The van der Waals surface area contributed by atoms with Gasteiger partial charge in [0.15, 0.2) is 0 Å². The molecular weight excluding hydrogens is 244 g/mol. The average Bonchev–Trinajstić information content (AvgIpc) is 2.88. The Kier molecular flexibility index (Phi) is 3.82. The summed E-state index contributed by atoms with van der Waals surface area (Å²) < 4.78 is 5.54. The van der Waals surface area contributed by atoms with Gasteiger partial charge in [-0.05, 0) is 23.5 Å². The number of ether oxygens (including phenoxy) is 1. The SMILES string of the molecule is COc1ccccc1C(C)(C)C1=CCC(C(C)(C)C)=C1. The highest BCUT2D eigenvalue weighted by Gasteiger charge is 2.31. The molecule has 1 heteroatoms. The molecule has 1 aromatic rings. The van der Waals surface area contributed by atoms with E-state index in [1.807, 2.05) is 12.1 Å². The van der Waals surface area contributed by atoms with Gasteiger partial charge in [0.2, 0.25) is 0 Å². The fraction of sp³-hybridized carbons (Fsp3) is 0.474. The number of rotatable bonds is 3. The molecule has 0 aliphatic heterocycles. The molecule has 0 bridgehead atoms. The predicted molar refractivity (Wildman–Crippen MR) is 86.3 cm³/mol. The highest BCUT2D eigenvalue weighted by Crippen LogP contribution is 2.43. The van der Waals surface area contributed by atoms with Crippen molar-refractivity contribution in [2.24, 2.45) is 5.41 Å². The van der Waals surface area contributed by atoms with Gasteiger partial charge in [-0.25, -0.2) is 0 Å². The van der Waals surface area contributed by atoms with E-state index in [4.69, 9.17) is 4.74 Å². The highest BCUT2D eigenvalue weighted by molar-refractivity contribution is 5.51. The maximum atomic E-state index is 5.54. The number of hydrogen-bond acceptors (Lipinski definition) is 1. The summed E-state index contributed by atoms with van der Waals surface area (Å²) in [7, 11) is 1.74. The van der Waals surface area contributed by atoms with E-state index in [0.29, 0.717) is 0 Å². The van der Waals surface area contributed by atoms with Crippen molar-refractivity contribution in [3.8, 4) is 5.75 Å². The molecule has 0 radical (unpaired) electrons. The number of methoxy groups -OCH3 is 1. The van der Waals surface area contributed by atoms with Gasteiger partial charge in [-0.1, -0.05) is 70.5 Å². The zero-order chi connectivity index (χ0) is 15.0. The third-order valence-electron chi connectivity index (χ3n) is 4.34. The van der Waals surface area contributed by atoms with Crippen LogP contribution in [0.5, 0.6) is 5.75 Å². The van der Waals surface area contributed by atoms with Crippen molar-refractivity contribution in [2.75, 3.05) is 7.11 Å². The first-order valence-electron chi connectivity index (χ1n) is 7.32. The first kappa shape index (κ1) is 14.9. The van der Waals surface area contributed by atoms with E-state index in [2.05, 4.69) is 58.9 Å². The zero-order valence-electron chi connectivity index (χ0n) is 13.6. The monoisotopic (exact) mass is 270 g/mol. The summed E-state index contributed by atoms with van der Waals surface area (Å²) in [5.74, 6) is 0.969. The van der Waals surface area contributed by atoms with E-state index in [9.17, 15) is 0 Å². The molecular formula is C19H26O. The Morgan fingerprint density at radius 3 is 2.20 bits per heavy atom. The van der Waals surface area contributed by atoms with Gasteiger partial charge in [0.25, 0.3) is 0 Å². The molecule has 108 valence electrons. The van der Waals surface area contributed by atoms with Crippen molar-refractivity contribution in [3.05, 3.63) is 53.1 Å². The van der Waals surface area contributed by atoms with Crippen LogP contribution < -0.4 is 4.74 Å². The summed E-state index contributed by atoms with van der Waals surface area (Å²) >= 11 is 0. The predicted octanol–water partition coefficient (Wildman–Crippen LogP) is 5.28. The van der Waals surface area contributed by atoms with Crippen LogP contribution in [0.1, 0.15) is 46.6 Å². The molecule has 2 rings (SSSR count). The lowest BCUT2D eigenvalue weighted by Crippen LogP contribution is -2.20. The van der Waals surface area contributed by atoms with Crippen molar-refractivity contribution in [3.63, 3.8) is 0 Å². The molecule has 0 atom stereocenters. The third-order valence-corrected chi connectivity index (χ3v) is 4.34. The van der Waals surface area contributed by atoms with Gasteiger partial charge < -0.3 is 4.74 Å². The molecule has 0 heterocycles. The van der Waals surface area contributed by atoms with Crippen LogP contribution in [-0.2, 0) is 5.41 Å². The van der Waals surface area contributed by atoms with E-state index in [0.717, 1.165) is 12.2 Å². The van der Waals surface area contributed by atoms with Gasteiger partial charge in [-0.3, -0.25) is 0 Å². The number of benzene rings is 1. The van der Waals surface area contributed by atoms with Gasteiger partial charge in [0.1, 0.15) is 5.75 Å². The Morgan fingerprint density at radius 2 is 1.65 bits per heavy atom. The Hall–Kier alpha value is -1.50. The van der Waals surface area contributed by atoms with Crippen molar-refractivity contribution in [2.45, 2.75) is 46.5 Å². The molecule has 1 aliphatic carbocycles. The average molecular weight is 270 g/mol. The minimum absolute atomic E-state index is 0.0282. The van der Waals surface area contributed by atoms with Gasteiger partial charge >= 0.3 is 0 Å². The quantitative estimate of drug-likeness (QED) is 0.726. The molecule has 1 aliphatic rings. The van der Waals surface area contributed by atoms with Crippen LogP contribution in [0.4, 0.5) is 0 Å². The van der Waals surface area contributed by atoms with Gasteiger partial charge in [-0.15, -0.1) is 0 Å². The molecule has 1 nitrogen and oxygen atoms in total. The molecule has 0 saturated carbocycles. The topological polar surface area (TPSA) is 9.23 Å². The normalized spacial score (nSPS) is 15.9. The van der Waals surface area contributed by atoms with Crippen LogP contribution in [0, 0.1) is 5.41 Å². The summed E-state index contributed by atoms with van der Waals surface area (Å²) in [6, 6.07) is 8.32. The Bertz CT molecular complexity index is 553. The van der Waals surface area contributed by atoms with E-state index in [1.165, 1.54) is 16.7 Å². The summed E-state index contributed by atoms with van der Waals surface area (Å²) in [6.45, 7) is 11.4. The largest absolute Gasteiger partial charge is 0.496 e. The molecule has 1 aromatic carbocycles. The molecule has 0 saturated heterocycles. The molecule has 0 aromatic heterocycles. The third kappa shape index (κ3) is 2.67. The van der Waals surface area contributed by atoms with Crippen molar-refractivity contribution >= 4 is 0 Å². The standard InChI is InChI=1S/C19H26O/c1-18(2,3)14-11-12-15(13-14)19(4,5)16-9-7-8-10-17(16)20-6/h7-10,12-13H,11H2,1-6H3. The van der Waals surface area contributed by atoms with Crippen LogP contribution in [0.25, 0.3) is 0 Å². The van der Waals surface area contributed by atoms with Crippen molar-refractivity contribution < 1.29 is 4.74 Å². The fourth-order valence-corrected chi connectivity index (χ4v) is 2.80. The lowest BCUT2D eigenvalue weighted by Gasteiger charge is -2.28. The lowest BCUT2D eigenvalue weighted by atomic mass is 9.77. The van der Waals surface area contributed by atoms with E-state index < -0.39 is 0 Å². The summed E-state index contributed by atoms with van der Waals surface area (Å²) in [4.78, 5) is 0. The van der Waals surface area contributed by atoms with Gasteiger partial charge in [-0.2, -0.15) is 0 Å². The smallest absolute Gasteiger partial charge is 0.122 e. The molecule has 20 heavy (non-hydrogen) atoms. The first-order chi connectivity index (χ1) is 9.26. The fourth-order valence-electron chi connectivity index (χ4n) is 2.80. The highest BCUT2D eigenvalue weighted by atomic mass is 16.5. The van der Waals surface area contributed by atoms with Gasteiger partial charge in [0, 0.05) is 11.0 Å². The summed E-state index contributed by atoms with van der Waals surface area (Å²) in [5, 5.41) is 0. The zero-order valence-corrected chi connectivity index (χ0v) is 13.6. The maximum Gasteiger partial charge on any atom is 0.122 e. The molecule has 0 N–H and O–H groups in total. The van der Waals surface area contributed by atoms with Crippen molar-refractivity contribution in [1.82, 2.24) is 0 Å². The minimum Gasteiger partial charge on any atom is -0.496 e. The van der Waals surface area contributed by atoms with Crippen LogP contribution in [0.2, 0.25) is 0 Å². The first-order valence-corrected chi connectivity index (χ1v) is 7.32. The second kappa shape index (κ2) is 5.12. The number of allylic oxidation sites excluding steroid dienone is 4. The number of hydrogen-bond donors (Lipinski definition) is 0. The Morgan fingerprint density at radius 1 is 1.00 bits per heavy atom. The Labute approximate surface area is 123 Å². The Balaban J connectivity index is 2.39. The van der Waals surface area contributed by atoms with Gasteiger partial charge in [0.05, 0.1) is 7.11 Å². The van der Waals surface area contributed by atoms with E-state index in [-0.39, 0.29) is 10.8 Å². The molecule has 0 spiro atoms.